The zero-order valence-electron chi connectivity index (χ0n) is 14.9. The molecule has 0 unspecified atom stereocenters. The summed E-state index contributed by atoms with van der Waals surface area (Å²) in [7, 11) is 3.32. The Morgan fingerprint density at radius 2 is 2.04 bits per heavy atom. The Balaban J connectivity index is 2.07. The van der Waals surface area contributed by atoms with E-state index in [0.717, 1.165) is 41.5 Å². The first-order valence-corrected chi connectivity index (χ1v) is 8.30. The van der Waals surface area contributed by atoms with Crippen LogP contribution in [-0.2, 0) is 4.74 Å². The summed E-state index contributed by atoms with van der Waals surface area (Å²) in [5, 5.41) is 0. The highest BCUT2D eigenvalue weighted by molar-refractivity contribution is 5.50. The predicted octanol–water partition coefficient (Wildman–Crippen LogP) is 2.35. The Morgan fingerprint density at radius 3 is 2.76 bits per heavy atom. The fraction of sp³-hybridized carbons (Fsp3) is 0.444. The van der Waals surface area contributed by atoms with Crippen LogP contribution in [0.1, 0.15) is 23.7 Å². The number of aryl methyl sites for hydroxylation is 1. The molecule has 0 saturated carbocycles. The summed E-state index contributed by atoms with van der Waals surface area (Å²) in [6.07, 6.45) is 0.908. The van der Waals surface area contributed by atoms with Gasteiger partial charge in [-0.15, -0.1) is 0 Å². The first kappa shape index (κ1) is 17.3. The van der Waals surface area contributed by atoms with Crippen LogP contribution in [0.4, 0.5) is 11.8 Å². The summed E-state index contributed by atoms with van der Waals surface area (Å²) < 4.78 is 16.8. The lowest BCUT2D eigenvalue weighted by atomic mass is 10.0. The minimum atomic E-state index is -0.0544. The van der Waals surface area contributed by atoms with Crippen molar-refractivity contribution in [1.29, 1.82) is 0 Å². The molecule has 1 aliphatic rings. The second-order valence-electron chi connectivity index (χ2n) is 5.97. The van der Waals surface area contributed by atoms with Gasteiger partial charge in [-0.2, -0.15) is 4.98 Å². The molecule has 1 aliphatic heterocycles. The summed E-state index contributed by atoms with van der Waals surface area (Å²) in [6.45, 7) is 3.96. The van der Waals surface area contributed by atoms with E-state index in [2.05, 4.69) is 14.9 Å². The maximum absolute atomic E-state index is 5.87. The van der Waals surface area contributed by atoms with Crippen molar-refractivity contribution >= 4 is 11.8 Å². The van der Waals surface area contributed by atoms with Crippen molar-refractivity contribution in [1.82, 2.24) is 9.97 Å². The van der Waals surface area contributed by atoms with Gasteiger partial charge in [0.15, 0.2) is 0 Å². The van der Waals surface area contributed by atoms with Gasteiger partial charge in [-0.3, -0.25) is 0 Å². The molecular weight excluding hydrogens is 320 g/mol. The summed E-state index contributed by atoms with van der Waals surface area (Å²) >= 11 is 0. The van der Waals surface area contributed by atoms with E-state index in [0.29, 0.717) is 13.2 Å². The Morgan fingerprint density at radius 1 is 1.20 bits per heavy atom. The van der Waals surface area contributed by atoms with Crippen LogP contribution in [0.3, 0.4) is 0 Å². The van der Waals surface area contributed by atoms with Crippen molar-refractivity contribution < 1.29 is 14.2 Å². The SMILES string of the molecule is COc1ccc(OC)c([C@@H]2COCCCN2c2cc(C)nc(N)n2)c1. The lowest BCUT2D eigenvalue weighted by molar-refractivity contribution is 0.133. The largest absolute Gasteiger partial charge is 0.497 e. The van der Waals surface area contributed by atoms with E-state index in [4.69, 9.17) is 19.9 Å². The Hall–Kier alpha value is -2.54. The van der Waals surface area contributed by atoms with Crippen molar-refractivity contribution in [3.05, 3.63) is 35.5 Å². The van der Waals surface area contributed by atoms with Crippen molar-refractivity contribution in [3.63, 3.8) is 0 Å². The van der Waals surface area contributed by atoms with E-state index >= 15 is 0 Å². The average molecular weight is 344 g/mol. The molecule has 7 nitrogen and oxygen atoms in total. The van der Waals surface area contributed by atoms with Crippen LogP contribution >= 0.6 is 0 Å². The number of anilines is 2. The van der Waals surface area contributed by atoms with Gasteiger partial charge in [-0.05, 0) is 31.5 Å². The van der Waals surface area contributed by atoms with Crippen LogP contribution in [-0.4, -0.2) is 43.9 Å². The number of ether oxygens (including phenoxy) is 3. The van der Waals surface area contributed by atoms with Crippen LogP contribution < -0.4 is 20.1 Å². The Kier molecular flexibility index (Phi) is 5.23. The van der Waals surface area contributed by atoms with Crippen LogP contribution in [0, 0.1) is 6.92 Å². The fourth-order valence-corrected chi connectivity index (χ4v) is 3.13. The van der Waals surface area contributed by atoms with Crippen molar-refractivity contribution in [2.75, 3.05) is 44.6 Å². The maximum atomic E-state index is 5.87. The molecule has 134 valence electrons. The van der Waals surface area contributed by atoms with Gasteiger partial charge in [0.05, 0.1) is 26.9 Å². The monoisotopic (exact) mass is 344 g/mol. The molecular formula is C18H24N4O3. The van der Waals surface area contributed by atoms with Gasteiger partial charge < -0.3 is 24.8 Å². The van der Waals surface area contributed by atoms with Crippen LogP contribution in [0.25, 0.3) is 0 Å². The molecule has 1 atom stereocenters. The fourth-order valence-electron chi connectivity index (χ4n) is 3.13. The highest BCUT2D eigenvalue weighted by Gasteiger charge is 2.28. The number of hydrogen-bond donors (Lipinski definition) is 1. The smallest absolute Gasteiger partial charge is 0.222 e. The van der Waals surface area contributed by atoms with Crippen molar-refractivity contribution in [2.45, 2.75) is 19.4 Å². The van der Waals surface area contributed by atoms with E-state index in [9.17, 15) is 0 Å². The number of benzene rings is 1. The molecule has 2 heterocycles. The molecule has 1 aromatic carbocycles. The molecule has 2 N–H and O–H groups in total. The average Bonchev–Trinajstić information content (AvgIpc) is 2.86. The molecule has 7 heteroatoms. The van der Waals surface area contributed by atoms with E-state index < -0.39 is 0 Å². The molecule has 0 spiro atoms. The Labute approximate surface area is 147 Å². The van der Waals surface area contributed by atoms with Crippen LogP contribution in [0.5, 0.6) is 11.5 Å². The molecule has 3 rings (SSSR count). The lowest BCUT2D eigenvalue weighted by Crippen LogP contribution is -2.32. The minimum absolute atomic E-state index is 0.0544. The molecule has 2 aromatic rings. The Bertz CT molecular complexity index is 718. The standard InChI is InChI=1S/C18H24N4O3/c1-12-9-17(21-18(19)20-12)22-7-4-8-25-11-15(22)14-10-13(23-2)5-6-16(14)24-3/h5-6,9-10,15H,4,7-8,11H2,1-3H3,(H2,19,20,21)/t15-/m0/s1. The third-order valence-corrected chi connectivity index (χ3v) is 4.29. The van der Waals surface area contributed by atoms with Gasteiger partial charge in [0.2, 0.25) is 5.95 Å². The number of aromatic nitrogens is 2. The highest BCUT2D eigenvalue weighted by Crippen LogP contribution is 2.36. The topological polar surface area (TPSA) is 82.7 Å². The molecule has 0 radical (unpaired) electrons. The van der Waals surface area contributed by atoms with E-state index in [1.54, 1.807) is 14.2 Å². The second kappa shape index (κ2) is 7.57. The number of nitrogens with two attached hydrogens (primary N) is 1. The van der Waals surface area contributed by atoms with Crippen molar-refractivity contribution in [2.24, 2.45) is 0 Å². The van der Waals surface area contributed by atoms with E-state index in [1.165, 1.54) is 0 Å². The van der Waals surface area contributed by atoms with E-state index in [1.807, 2.05) is 31.2 Å². The molecule has 0 amide bonds. The number of nitrogens with zero attached hydrogens (tertiary/aromatic N) is 3. The first-order valence-electron chi connectivity index (χ1n) is 8.30. The predicted molar refractivity (Wildman–Crippen MR) is 96.3 cm³/mol. The van der Waals surface area contributed by atoms with Gasteiger partial charge in [0.25, 0.3) is 0 Å². The highest BCUT2D eigenvalue weighted by atomic mass is 16.5. The third kappa shape index (κ3) is 3.76. The van der Waals surface area contributed by atoms with Crippen molar-refractivity contribution in [3.8, 4) is 11.5 Å². The molecule has 1 saturated heterocycles. The molecule has 1 aromatic heterocycles. The maximum Gasteiger partial charge on any atom is 0.222 e. The van der Waals surface area contributed by atoms with Gasteiger partial charge in [0.1, 0.15) is 17.3 Å². The second-order valence-corrected chi connectivity index (χ2v) is 5.97. The first-order chi connectivity index (χ1) is 12.1. The normalized spacial score (nSPS) is 17.9. The molecule has 1 fully saturated rings. The summed E-state index contributed by atoms with van der Waals surface area (Å²) in [5.41, 5.74) is 7.70. The lowest BCUT2D eigenvalue weighted by Gasteiger charge is -2.32. The number of methoxy groups -OCH3 is 2. The number of hydrogen-bond acceptors (Lipinski definition) is 7. The summed E-state index contributed by atoms with van der Waals surface area (Å²) in [4.78, 5) is 10.8. The van der Waals surface area contributed by atoms with E-state index in [-0.39, 0.29) is 12.0 Å². The third-order valence-electron chi connectivity index (χ3n) is 4.29. The summed E-state index contributed by atoms with van der Waals surface area (Å²) in [5.74, 6) is 2.64. The van der Waals surface area contributed by atoms with Crippen LogP contribution in [0.15, 0.2) is 24.3 Å². The van der Waals surface area contributed by atoms with Gasteiger partial charge >= 0.3 is 0 Å². The molecule has 25 heavy (non-hydrogen) atoms. The number of nitrogen functional groups attached to an aromatic ring is 1. The van der Waals surface area contributed by atoms with Gasteiger partial charge in [0, 0.05) is 30.5 Å². The van der Waals surface area contributed by atoms with Gasteiger partial charge in [-0.1, -0.05) is 0 Å². The van der Waals surface area contributed by atoms with Gasteiger partial charge in [-0.25, -0.2) is 4.98 Å². The zero-order chi connectivity index (χ0) is 17.8. The van der Waals surface area contributed by atoms with Crippen LogP contribution in [0.2, 0.25) is 0 Å². The summed E-state index contributed by atoms with van der Waals surface area (Å²) in [6, 6.07) is 7.68. The molecule has 0 aliphatic carbocycles. The number of rotatable bonds is 4. The minimum Gasteiger partial charge on any atom is -0.497 e. The molecule has 0 bridgehead atoms. The zero-order valence-corrected chi connectivity index (χ0v) is 14.9. The quantitative estimate of drug-likeness (QED) is 0.911.